The van der Waals surface area contributed by atoms with Gasteiger partial charge in [0.05, 0.1) is 0 Å². The first-order valence-corrected chi connectivity index (χ1v) is 4.27. The Morgan fingerprint density at radius 2 is 1.93 bits per heavy atom. The fourth-order valence-corrected chi connectivity index (χ4v) is 0.833. The third-order valence-electron chi connectivity index (χ3n) is 1.61. The van der Waals surface area contributed by atoms with Gasteiger partial charge in [-0.2, -0.15) is 13.2 Å². The number of allylic oxidation sites excluding steroid dienone is 5. The Morgan fingerprint density at radius 3 is 2.29 bits per heavy atom. The van der Waals surface area contributed by atoms with E-state index < -0.39 is 11.9 Å². The van der Waals surface area contributed by atoms with Crippen LogP contribution in [0.4, 0.5) is 13.2 Å². The second-order valence-electron chi connectivity index (χ2n) is 2.82. The van der Waals surface area contributed by atoms with Crippen molar-refractivity contribution in [3.05, 3.63) is 36.1 Å². The van der Waals surface area contributed by atoms with Gasteiger partial charge in [-0.25, -0.2) is 0 Å². The molecule has 0 unspecified atom stereocenters. The first kappa shape index (κ1) is 12.8. The van der Waals surface area contributed by atoms with E-state index in [0.29, 0.717) is 6.42 Å². The molecule has 0 aromatic rings. The van der Waals surface area contributed by atoms with Crippen LogP contribution >= 0.6 is 0 Å². The molecular weight excluding hydrogens is 191 g/mol. The predicted molar refractivity (Wildman–Crippen MR) is 51.5 cm³/mol. The van der Waals surface area contributed by atoms with Crippen LogP contribution < -0.4 is 5.73 Å². The second-order valence-corrected chi connectivity index (χ2v) is 2.82. The van der Waals surface area contributed by atoms with Gasteiger partial charge in [0.1, 0.15) is 5.70 Å². The van der Waals surface area contributed by atoms with Crippen molar-refractivity contribution in [1.29, 1.82) is 0 Å². The van der Waals surface area contributed by atoms with Gasteiger partial charge in [-0.1, -0.05) is 32.1 Å². The molecule has 4 heteroatoms. The maximum Gasteiger partial charge on any atom is 0.430 e. The molecule has 80 valence electrons. The van der Waals surface area contributed by atoms with E-state index in [1.807, 2.05) is 6.92 Å². The minimum absolute atomic E-state index is 0.700. The van der Waals surface area contributed by atoms with E-state index in [0.717, 1.165) is 18.1 Å². The van der Waals surface area contributed by atoms with Gasteiger partial charge in [-0.05, 0) is 18.1 Å². The molecule has 0 rings (SSSR count). The van der Waals surface area contributed by atoms with E-state index in [1.54, 1.807) is 0 Å². The van der Waals surface area contributed by atoms with Crippen LogP contribution in [0.2, 0.25) is 0 Å². The number of nitrogens with two attached hydrogens (primary N) is 1. The van der Waals surface area contributed by atoms with E-state index in [2.05, 4.69) is 6.58 Å². The van der Waals surface area contributed by atoms with Crippen molar-refractivity contribution in [2.45, 2.75) is 25.9 Å². The minimum atomic E-state index is -4.45. The summed E-state index contributed by atoms with van der Waals surface area (Å²) in [4.78, 5) is 0. The van der Waals surface area contributed by atoms with Gasteiger partial charge in [-0.15, -0.1) is 0 Å². The lowest BCUT2D eigenvalue weighted by Crippen LogP contribution is -2.18. The highest BCUT2D eigenvalue weighted by atomic mass is 19.4. The number of hydrogen-bond acceptors (Lipinski definition) is 1. The van der Waals surface area contributed by atoms with Crippen LogP contribution in [0, 0.1) is 0 Å². The first-order chi connectivity index (χ1) is 6.41. The molecule has 14 heavy (non-hydrogen) atoms. The van der Waals surface area contributed by atoms with Gasteiger partial charge >= 0.3 is 6.18 Å². The summed E-state index contributed by atoms with van der Waals surface area (Å²) in [5, 5.41) is 0. The van der Waals surface area contributed by atoms with Crippen molar-refractivity contribution in [2.75, 3.05) is 0 Å². The maximum absolute atomic E-state index is 11.9. The van der Waals surface area contributed by atoms with Crippen LogP contribution in [-0.4, -0.2) is 6.18 Å². The Labute approximate surface area is 81.8 Å². The van der Waals surface area contributed by atoms with E-state index in [-0.39, 0.29) is 0 Å². The molecule has 0 spiro atoms. The largest absolute Gasteiger partial charge is 0.430 e. The highest BCUT2D eigenvalue weighted by Gasteiger charge is 2.30. The van der Waals surface area contributed by atoms with Gasteiger partial charge < -0.3 is 5.73 Å². The molecule has 0 aromatic carbocycles. The van der Waals surface area contributed by atoms with E-state index in [1.165, 1.54) is 12.2 Å². The molecule has 0 amide bonds. The summed E-state index contributed by atoms with van der Waals surface area (Å²) in [6.07, 6.45) is 0.855. The minimum Gasteiger partial charge on any atom is -0.395 e. The van der Waals surface area contributed by atoms with Crippen LogP contribution in [-0.2, 0) is 0 Å². The van der Waals surface area contributed by atoms with E-state index in [4.69, 9.17) is 5.73 Å². The molecule has 0 radical (unpaired) electrons. The zero-order chi connectivity index (χ0) is 11.2. The van der Waals surface area contributed by atoms with Gasteiger partial charge in [0.2, 0.25) is 0 Å². The number of halogens is 3. The van der Waals surface area contributed by atoms with Crippen LogP contribution in [0.3, 0.4) is 0 Å². The summed E-state index contributed by atoms with van der Waals surface area (Å²) in [6.45, 7) is 5.44. The third kappa shape index (κ3) is 4.74. The smallest absolute Gasteiger partial charge is 0.395 e. The van der Waals surface area contributed by atoms with Crippen LogP contribution in [0.5, 0.6) is 0 Å². The summed E-state index contributed by atoms with van der Waals surface area (Å²) >= 11 is 0. The Hall–Kier alpha value is -1.19. The lowest BCUT2D eigenvalue weighted by atomic mass is 10.1. The van der Waals surface area contributed by atoms with Crippen LogP contribution in [0.15, 0.2) is 36.1 Å². The average molecular weight is 205 g/mol. The molecule has 0 bridgehead atoms. The van der Waals surface area contributed by atoms with Crippen molar-refractivity contribution >= 4 is 0 Å². The molecular formula is C10H14F3N. The van der Waals surface area contributed by atoms with Gasteiger partial charge in [-0.3, -0.25) is 0 Å². The van der Waals surface area contributed by atoms with Crippen molar-refractivity contribution < 1.29 is 13.2 Å². The summed E-state index contributed by atoms with van der Waals surface area (Å²) in [5.74, 6) is 0. The maximum atomic E-state index is 11.9. The average Bonchev–Trinajstić information content (AvgIpc) is 2.10. The zero-order valence-electron chi connectivity index (χ0n) is 8.06. The number of hydrogen-bond donors (Lipinski definition) is 1. The number of rotatable bonds is 4. The van der Waals surface area contributed by atoms with E-state index >= 15 is 0 Å². The third-order valence-corrected chi connectivity index (χ3v) is 1.61. The molecule has 0 aliphatic heterocycles. The molecule has 0 saturated carbocycles. The van der Waals surface area contributed by atoms with Gasteiger partial charge in [0, 0.05) is 0 Å². The van der Waals surface area contributed by atoms with Crippen molar-refractivity contribution in [3.8, 4) is 0 Å². The Morgan fingerprint density at radius 1 is 1.36 bits per heavy atom. The summed E-state index contributed by atoms with van der Waals surface area (Å²) in [6, 6.07) is 0. The molecule has 0 saturated heterocycles. The highest BCUT2D eigenvalue weighted by molar-refractivity contribution is 5.25. The fourth-order valence-electron chi connectivity index (χ4n) is 0.833. The lowest BCUT2D eigenvalue weighted by Gasteiger charge is -2.04. The SMILES string of the molecule is C=C/C(=C\C=C(/N)C(F)(F)F)CCC. The topological polar surface area (TPSA) is 26.0 Å². The molecule has 0 atom stereocenters. The van der Waals surface area contributed by atoms with Gasteiger partial charge in [0.25, 0.3) is 0 Å². The molecule has 0 fully saturated rings. The van der Waals surface area contributed by atoms with Crippen molar-refractivity contribution in [2.24, 2.45) is 5.73 Å². The second kappa shape index (κ2) is 5.52. The van der Waals surface area contributed by atoms with Crippen molar-refractivity contribution in [3.63, 3.8) is 0 Å². The molecule has 2 N–H and O–H groups in total. The standard InChI is InChI=1S/C10H14F3N/c1-3-5-8(4-2)6-7-9(14)10(11,12)13/h4,6-7H,2-3,5,14H2,1H3/b8-6+,9-7-. The molecule has 0 aliphatic rings. The van der Waals surface area contributed by atoms with Gasteiger partial charge in [0.15, 0.2) is 0 Å². The summed E-state index contributed by atoms with van der Waals surface area (Å²) in [5.41, 5.74) is 4.47. The monoisotopic (exact) mass is 205 g/mol. The first-order valence-electron chi connectivity index (χ1n) is 4.27. The van der Waals surface area contributed by atoms with Crippen molar-refractivity contribution in [1.82, 2.24) is 0 Å². The molecule has 0 aromatic heterocycles. The summed E-state index contributed by atoms with van der Waals surface area (Å²) < 4.78 is 35.8. The van der Waals surface area contributed by atoms with Crippen LogP contribution in [0.25, 0.3) is 0 Å². The molecule has 1 nitrogen and oxygen atoms in total. The number of alkyl halides is 3. The Kier molecular flexibility index (Phi) is 5.05. The quantitative estimate of drug-likeness (QED) is 0.700. The van der Waals surface area contributed by atoms with Crippen LogP contribution in [0.1, 0.15) is 19.8 Å². The zero-order valence-corrected chi connectivity index (χ0v) is 8.06. The fraction of sp³-hybridized carbons (Fsp3) is 0.400. The molecule has 0 heterocycles. The van der Waals surface area contributed by atoms with E-state index in [9.17, 15) is 13.2 Å². The molecule has 0 aliphatic carbocycles. The normalized spacial score (nSPS) is 14.3. The lowest BCUT2D eigenvalue weighted by molar-refractivity contribution is -0.0926. The highest BCUT2D eigenvalue weighted by Crippen LogP contribution is 2.21. The predicted octanol–water partition coefficient (Wildman–Crippen LogP) is 3.30. The Bertz CT molecular complexity index is 249. The summed E-state index contributed by atoms with van der Waals surface area (Å²) in [7, 11) is 0. The Balaban J connectivity index is 4.57.